The van der Waals surface area contributed by atoms with Crippen LogP contribution in [0.3, 0.4) is 0 Å². The predicted octanol–water partition coefficient (Wildman–Crippen LogP) is 3.93. The summed E-state index contributed by atoms with van der Waals surface area (Å²) in [6, 6.07) is 13.8. The third-order valence-corrected chi connectivity index (χ3v) is 4.39. The van der Waals surface area contributed by atoms with Gasteiger partial charge in [0.15, 0.2) is 0 Å². The molecule has 1 heterocycles. The predicted molar refractivity (Wildman–Crippen MR) is 97.5 cm³/mol. The largest absolute Gasteiger partial charge is 0.378 e. The zero-order chi connectivity index (χ0) is 17.4. The van der Waals surface area contributed by atoms with Crippen LogP contribution in [0, 0.1) is 0 Å². The van der Waals surface area contributed by atoms with E-state index in [1.165, 1.54) is 0 Å². The molecule has 0 saturated heterocycles. The van der Waals surface area contributed by atoms with Gasteiger partial charge >= 0.3 is 0 Å². The van der Waals surface area contributed by atoms with Gasteiger partial charge in [0, 0.05) is 24.8 Å². The Morgan fingerprint density at radius 2 is 1.42 bits per heavy atom. The zero-order valence-corrected chi connectivity index (χ0v) is 14.6. The molecule has 0 fully saturated rings. The summed E-state index contributed by atoms with van der Waals surface area (Å²) < 4.78 is 0. The smallest absolute Gasteiger partial charge is 0.277 e. The van der Waals surface area contributed by atoms with Crippen LogP contribution in [0.15, 0.2) is 53.6 Å². The van der Waals surface area contributed by atoms with E-state index in [9.17, 15) is 9.59 Å². The lowest BCUT2D eigenvalue weighted by Gasteiger charge is -2.17. The molecular weight excluding hydrogens is 347 g/mol. The van der Waals surface area contributed by atoms with Crippen LogP contribution in [-0.2, 0) is 9.59 Å². The molecule has 0 aromatic heterocycles. The molecule has 0 unspecified atom stereocenters. The number of halogens is 2. The topological polar surface area (TPSA) is 40.6 Å². The van der Waals surface area contributed by atoms with Crippen LogP contribution in [0.4, 0.5) is 11.4 Å². The molecule has 0 N–H and O–H groups in total. The van der Waals surface area contributed by atoms with Crippen LogP contribution in [0.1, 0.15) is 5.56 Å². The van der Waals surface area contributed by atoms with Crippen LogP contribution >= 0.6 is 23.2 Å². The Hall–Kier alpha value is -2.30. The highest BCUT2D eigenvalue weighted by Gasteiger charge is 2.39. The molecule has 1 aliphatic rings. The average molecular weight is 361 g/mol. The summed E-state index contributed by atoms with van der Waals surface area (Å²) in [6.07, 6.45) is 0. The highest BCUT2D eigenvalue weighted by atomic mass is 35.5. The fourth-order valence-electron chi connectivity index (χ4n) is 2.50. The normalized spacial score (nSPS) is 14.6. The van der Waals surface area contributed by atoms with Gasteiger partial charge in [-0.3, -0.25) is 9.59 Å². The molecule has 0 spiro atoms. The fraction of sp³-hybridized carbons (Fsp3) is 0.111. The first-order chi connectivity index (χ1) is 11.4. The van der Waals surface area contributed by atoms with Crippen molar-refractivity contribution in [1.82, 2.24) is 0 Å². The second-order valence-electron chi connectivity index (χ2n) is 5.55. The number of rotatable bonds is 3. The summed E-state index contributed by atoms with van der Waals surface area (Å²) in [6.45, 7) is 0. The zero-order valence-electron chi connectivity index (χ0n) is 13.1. The first-order valence-corrected chi connectivity index (χ1v) is 7.97. The van der Waals surface area contributed by atoms with E-state index in [-0.39, 0.29) is 10.6 Å². The number of hydrogen-bond acceptors (Lipinski definition) is 3. The lowest BCUT2D eigenvalue weighted by atomic mass is 10.1. The maximum absolute atomic E-state index is 12.8. The molecule has 0 atom stereocenters. The molecule has 4 nitrogen and oxygen atoms in total. The van der Waals surface area contributed by atoms with Gasteiger partial charge in [-0.2, -0.15) is 0 Å². The molecule has 24 heavy (non-hydrogen) atoms. The Balaban J connectivity index is 1.97. The molecule has 0 bridgehead atoms. The van der Waals surface area contributed by atoms with Crippen LogP contribution in [0.5, 0.6) is 0 Å². The molecule has 0 aliphatic carbocycles. The van der Waals surface area contributed by atoms with E-state index < -0.39 is 11.8 Å². The standard InChI is InChI=1S/C18H14Cl2N2O2/c1-21(2)13-7-9-14(10-8-13)22-17(23)15(16(20)18(22)24)11-3-5-12(19)6-4-11/h3-10H,1-2H3. The summed E-state index contributed by atoms with van der Waals surface area (Å²) in [5.41, 5.74) is 2.21. The molecule has 0 radical (unpaired) electrons. The van der Waals surface area contributed by atoms with Crippen molar-refractivity contribution in [1.29, 1.82) is 0 Å². The number of hydrogen-bond donors (Lipinski definition) is 0. The minimum absolute atomic E-state index is 0.0843. The summed E-state index contributed by atoms with van der Waals surface area (Å²) >= 11 is 12.0. The first kappa shape index (κ1) is 16.6. The molecule has 2 aromatic carbocycles. The quantitative estimate of drug-likeness (QED) is 0.778. The summed E-state index contributed by atoms with van der Waals surface area (Å²) in [7, 11) is 3.83. The second-order valence-corrected chi connectivity index (χ2v) is 6.37. The van der Waals surface area contributed by atoms with E-state index in [2.05, 4.69) is 0 Å². The minimum atomic E-state index is -0.524. The van der Waals surface area contributed by atoms with E-state index in [1.54, 1.807) is 36.4 Å². The molecule has 6 heteroatoms. The highest BCUT2D eigenvalue weighted by molar-refractivity contribution is 6.60. The molecule has 1 aliphatic heterocycles. The second kappa shape index (κ2) is 6.30. The lowest BCUT2D eigenvalue weighted by molar-refractivity contribution is -0.119. The molecule has 122 valence electrons. The Kier molecular flexibility index (Phi) is 4.35. The Bertz CT molecular complexity index is 840. The van der Waals surface area contributed by atoms with Crippen molar-refractivity contribution in [2.75, 3.05) is 23.9 Å². The van der Waals surface area contributed by atoms with Gasteiger partial charge in [0.2, 0.25) is 0 Å². The lowest BCUT2D eigenvalue weighted by Crippen LogP contribution is -2.31. The van der Waals surface area contributed by atoms with E-state index in [1.807, 2.05) is 31.1 Å². The number of amides is 2. The first-order valence-electron chi connectivity index (χ1n) is 7.22. The van der Waals surface area contributed by atoms with Crippen LogP contribution < -0.4 is 9.80 Å². The van der Waals surface area contributed by atoms with E-state index >= 15 is 0 Å². The number of benzene rings is 2. The van der Waals surface area contributed by atoms with Crippen molar-refractivity contribution in [2.45, 2.75) is 0 Å². The number of anilines is 2. The van der Waals surface area contributed by atoms with Gasteiger partial charge in [-0.1, -0.05) is 35.3 Å². The average Bonchev–Trinajstić information content (AvgIpc) is 2.78. The van der Waals surface area contributed by atoms with E-state index in [4.69, 9.17) is 23.2 Å². The van der Waals surface area contributed by atoms with Crippen molar-refractivity contribution in [3.05, 3.63) is 64.1 Å². The Morgan fingerprint density at radius 3 is 1.96 bits per heavy atom. The third-order valence-electron chi connectivity index (χ3n) is 3.78. The van der Waals surface area contributed by atoms with Gasteiger partial charge in [-0.05, 0) is 42.0 Å². The van der Waals surface area contributed by atoms with Crippen LogP contribution in [0.25, 0.3) is 5.57 Å². The molecular formula is C18H14Cl2N2O2. The molecule has 0 saturated carbocycles. The van der Waals surface area contributed by atoms with Gasteiger partial charge in [-0.15, -0.1) is 0 Å². The van der Waals surface area contributed by atoms with Gasteiger partial charge in [0.25, 0.3) is 11.8 Å². The number of nitrogens with zero attached hydrogens (tertiary/aromatic N) is 2. The number of imide groups is 1. The van der Waals surface area contributed by atoms with Crippen LogP contribution in [0.2, 0.25) is 5.02 Å². The molecule has 2 amide bonds. The molecule has 2 aromatic rings. The van der Waals surface area contributed by atoms with Crippen molar-refractivity contribution in [3.63, 3.8) is 0 Å². The van der Waals surface area contributed by atoms with Crippen molar-refractivity contribution >= 4 is 52.0 Å². The fourth-order valence-corrected chi connectivity index (χ4v) is 2.90. The number of carbonyl (C=O) groups excluding carboxylic acids is 2. The maximum atomic E-state index is 12.8. The van der Waals surface area contributed by atoms with Crippen LogP contribution in [-0.4, -0.2) is 25.9 Å². The summed E-state index contributed by atoms with van der Waals surface area (Å²) in [5.74, 6) is -0.964. The van der Waals surface area contributed by atoms with Crippen molar-refractivity contribution in [2.24, 2.45) is 0 Å². The van der Waals surface area contributed by atoms with Crippen molar-refractivity contribution in [3.8, 4) is 0 Å². The summed E-state index contributed by atoms with van der Waals surface area (Å²) in [4.78, 5) is 28.2. The van der Waals surface area contributed by atoms with Crippen molar-refractivity contribution < 1.29 is 9.59 Å². The van der Waals surface area contributed by atoms with Gasteiger partial charge in [0.1, 0.15) is 5.03 Å². The monoisotopic (exact) mass is 360 g/mol. The van der Waals surface area contributed by atoms with E-state index in [0.717, 1.165) is 10.6 Å². The minimum Gasteiger partial charge on any atom is -0.378 e. The third kappa shape index (κ3) is 2.79. The maximum Gasteiger partial charge on any atom is 0.277 e. The van der Waals surface area contributed by atoms with Gasteiger partial charge in [-0.25, -0.2) is 4.90 Å². The highest BCUT2D eigenvalue weighted by Crippen LogP contribution is 2.35. The SMILES string of the molecule is CN(C)c1ccc(N2C(=O)C(Cl)=C(c3ccc(Cl)cc3)C2=O)cc1. The van der Waals surface area contributed by atoms with E-state index in [0.29, 0.717) is 16.3 Å². The Labute approximate surface area is 149 Å². The molecule has 3 rings (SSSR count). The Morgan fingerprint density at radius 1 is 0.833 bits per heavy atom. The van der Waals surface area contributed by atoms with Gasteiger partial charge < -0.3 is 4.90 Å². The summed E-state index contributed by atoms with van der Waals surface area (Å²) in [5, 5.41) is 0.461. The van der Waals surface area contributed by atoms with Gasteiger partial charge in [0.05, 0.1) is 11.3 Å². The number of carbonyl (C=O) groups is 2.